The van der Waals surface area contributed by atoms with Gasteiger partial charge < -0.3 is 4.90 Å². The Kier molecular flexibility index (Phi) is 5.31. The summed E-state index contributed by atoms with van der Waals surface area (Å²) in [4.78, 5) is 7.31. The number of benzene rings is 2. The van der Waals surface area contributed by atoms with Crippen LogP contribution in [0.1, 0.15) is 42.5 Å². The van der Waals surface area contributed by atoms with E-state index in [1.807, 2.05) is 0 Å². The summed E-state index contributed by atoms with van der Waals surface area (Å²) in [5, 5.41) is 1.25. The van der Waals surface area contributed by atoms with Gasteiger partial charge in [0.2, 0.25) is 0 Å². The molecule has 0 saturated carbocycles. The third kappa shape index (κ3) is 3.09. The maximum Gasteiger partial charge on any atom is 0.0723 e. The lowest BCUT2D eigenvalue weighted by molar-refractivity contribution is 0.795. The number of aromatic nitrogens is 1. The van der Waals surface area contributed by atoms with Gasteiger partial charge in [0, 0.05) is 30.2 Å². The van der Waals surface area contributed by atoms with Gasteiger partial charge in [-0.3, -0.25) is 4.98 Å². The second kappa shape index (κ2) is 7.49. The molecule has 0 aliphatic heterocycles. The molecule has 0 saturated heterocycles. The van der Waals surface area contributed by atoms with Gasteiger partial charge in [0.1, 0.15) is 0 Å². The minimum absolute atomic E-state index is 0.998. The predicted octanol–water partition coefficient (Wildman–Crippen LogP) is 6.37. The second-order valence-electron chi connectivity index (χ2n) is 7.25. The smallest absolute Gasteiger partial charge is 0.0723 e. The number of fused-ring (bicyclic) bond motifs is 1. The number of nitrogens with zero attached hydrogens (tertiary/aromatic N) is 2. The van der Waals surface area contributed by atoms with Gasteiger partial charge in [-0.05, 0) is 74.9 Å². The molecule has 3 rings (SSSR count). The molecule has 0 N–H and O–H groups in total. The van der Waals surface area contributed by atoms with Crippen molar-refractivity contribution in [2.24, 2.45) is 0 Å². The molecule has 0 spiro atoms. The van der Waals surface area contributed by atoms with E-state index in [-0.39, 0.29) is 0 Å². The highest BCUT2D eigenvalue weighted by Crippen LogP contribution is 2.40. The molecule has 26 heavy (non-hydrogen) atoms. The highest BCUT2D eigenvalue weighted by atomic mass is 15.1. The van der Waals surface area contributed by atoms with Gasteiger partial charge in [0.15, 0.2) is 0 Å². The maximum absolute atomic E-state index is 4.80. The molecule has 3 aromatic rings. The first-order valence-corrected chi connectivity index (χ1v) is 9.70. The van der Waals surface area contributed by atoms with Crippen LogP contribution in [0.5, 0.6) is 0 Å². The molecule has 1 heterocycles. The number of para-hydroxylation sites is 1. The summed E-state index contributed by atoms with van der Waals surface area (Å²) in [7, 11) is 0. The SMILES string of the molecule is CCCN(CC)c1c(-c2c(C)cc(C)c(C)c2C)cnc2ccccc12. The molecule has 0 bridgehead atoms. The van der Waals surface area contributed by atoms with Gasteiger partial charge in [0.25, 0.3) is 0 Å². The summed E-state index contributed by atoms with van der Waals surface area (Å²) in [5.41, 5.74) is 10.4. The van der Waals surface area contributed by atoms with Crippen LogP contribution in [0.15, 0.2) is 36.5 Å². The summed E-state index contributed by atoms with van der Waals surface area (Å²) in [6.45, 7) is 15.5. The fourth-order valence-corrected chi connectivity index (χ4v) is 4.05. The summed E-state index contributed by atoms with van der Waals surface area (Å²) in [6, 6.07) is 10.8. The Bertz CT molecular complexity index is 941. The fourth-order valence-electron chi connectivity index (χ4n) is 4.05. The Balaban J connectivity index is 2.39. The lowest BCUT2D eigenvalue weighted by atomic mass is 9.89. The fraction of sp³-hybridized carbons (Fsp3) is 0.375. The van der Waals surface area contributed by atoms with Crippen LogP contribution in [0.2, 0.25) is 0 Å². The van der Waals surface area contributed by atoms with Crippen molar-refractivity contribution in [2.75, 3.05) is 18.0 Å². The summed E-state index contributed by atoms with van der Waals surface area (Å²) < 4.78 is 0. The molecule has 2 aromatic carbocycles. The number of pyridine rings is 1. The Labute approximate surface area is 157 Å². The lowest BCUT2D eigenvalue weighted by Crippen LogP contribution is -2.24. The standard InChI is InChI=1S/C24H30N2/c1-7-13-26(8-2)24-20-11-9-10-12-22(20)25-15-21(24)23-17(4)14-16(3)18(5)19(23)6/h9-12,14-15H,7-8,13H2,1-6H3. The van der Waals surface area contributed by atoms with Gasteiger partial charge in [-0.2, -0.15) is 0 Å². The van der Waals surface area contributed by atoms with Crippen molar-refractivity contribution in [1.82, 2.24) is 4.98 Å². The number of hydrogen-bond donors (Lipinski definition) is 0. The van der Waals surface area contributed by atoms with Crippen molar-refractivity contribution in [3.05, 3.63) is 58.8 Å². The van der Waals surface area contributed by atoms with Crippen LogP contribution in [0, 0.1) is 27.7 Å². The van der Waals surface area contributed by atoms with Crippen molar-refractivity contribution in [3.8, 4) is 11.1 Å². The third-order valence-electron chi connectivity index (χ3n) is 5.56. The average molecular weight is 347 g/mol. The number of rotatable bonds is 5. The molecule has 0 aliphatic carbocycles. The summed E-state index contributed by atoms with van der Waals surface area (Å²) in [6.07, 6.45) is 3.22. The van der Waals surface area contributed by atoms with Gasteiger partial charge >= 0.3 is 0 Å². The van der Waals surface area contributed by atoms with Crippen LogP contribution < -0.4 is 4.90 Å². The van der Waals surface area contributed by atoms with E-state index in [1.54, 1.807) is 0 Å². The molecule has 136 valence electrons. The monoisotopic (exact) mass is 346 g/mol. The summed E-state index contributed by atoms with van der Waals surface area (Å²) >= 11 is 0. The van der Waals surface area contributed by atoms with Crippen molar-refractivity contribution in [1.29, 1.82) is 0 Å². The zero-order valence-corrected chi connectivity index (χ0v) is 17.0. The minimum atomic E-state index is 0.998. The van der Waals surface area contributed by atoms with Crippen LogP contribution >= 0.6 is 0 Å². The highest BCUT2D eigenvalue weighted by Gasteiger charge is 2.19. The first-order chi connectivity index (χ1) is 12.5. The molecule has 0 aliphatic rings. The van der Waals surface area contributed by atoms with E-state index >= 15 is 0 Å². The average Bonchev–Trinajstić information content (AvgIpc) is 2.64. The molecule has 0 fully saturated rings. The molecular formula is C24H30N2. The molecule has 0 unspecified atom stereocenters. The Hall–Kier alpha value is -2.35. The lowest BCUT2D eigenvalue weighted by Gasteiger charge is -2.28. The normalized spacial score (nSPS) is 11.2. The zero-order valence-electron chi connectivity index (χ0n) is 17.0. The van der Waals surface area contributed by atoms with E-state index in [9.17, 15) is 0 Å². The van der Waals surface area contributed by atoms with E-state index < -0.39 is 0 Å². The molecular weight excluding hydrogens is 316 g/mol. The molecule has 1 aromatic heterocycles. The highest BCUT2D eigenvalue weighted by molar-refractivity contribution is 6.00. The van der Waals surface area contributed by atoms with Crippen molar-refractivity contribution in [2.45, 2.75) is 48.0 Å². The van der Waals surface area contributed by atoms with Gasteiger partial charge in [0.05, 0.1) is 11.2 Å². The van der Waals surface area contributed by atoms with Gasteiger partial charge in [-0.15, -0.1) is 0 Å². The Morgan fingerprint density at radius 3 is 2.35 bits per heavy atom. The van der Waals surface area contributed by atoms with Crippen LogP contribution in [-0.2, 0) is 0 Å². The molecule has 2 nitrogen and oxygen atoms in total. The zero-order chi connectivity index (χ0) is 18.8. The van der Waals surface area contributed by atoms with Crippen LogP contribution in [0.25, 0.3) is 22.0 Å². The third-order valence-corrected chi connectivity index (χ3v) is 5.56. The molecule has 2 heteroatoms. The van der Waals surface area contributed by atoms with E-state index in [2.05, 4.69) is 83.0 Å². The van der Waals surface area contributed by atoms with E-state index in [0.29, 0.717) is 0 Å². The molecule has 0 radical (unpaired) electrons. The minimum Gasteiger partial charge on any atom is -0.371 e. The van der Waals surface area contributed by atoms with Crippen LogP contribution in [0.3, 0.4) is 0 Å². The van der Waals surface area contributed by atoms with Crippen molar-refractivity contribution in [3.63, 3.8) is 0 Å². The van der Waals surface area contributed by atoms with Crippen LogP contribution in [-0.4, -0.2) is 18.1 Å². The first kappa shape index (κ1) is 18.4. The first-order valence-electron chi connectivity index (χ1n) is 9.70. The molecule has 0 atom stereocenters. The largest absolute Gasteiger partial charge is 0.371 e. The van der Waals surface area contributed by atoms with Crippen LogP contribution in [0.4, 0.5) is 5.69 Å². The van der Waals surface area contributed by atoms with E-state index in [4.69, 9.17) is 4.98 Å². The van der Waals surface area contributed by atoms with Gasteiger partial charge in [-0.25, -0.2) is 0 Å². The number of hydrogen-bond acceptors (Lipinski definition) is 2. The number of anilines is 1. The van der Waals surface area contributed by atoms with E-state index in [1.165, 1.54) is 44.5 Å². The topological polar surface area (TPSA) is 16.1 Å². The van der Waals surface area contributed by atoms with E-state index in [0.717, 1.165) is 25.0 Å². The Morgan fingerprint density at radius 1 is 0.923 bits per heavy atom. The van der Waals surface area contributed by atoms with Crippen molar-refractivity contribution < 1.29 is 0 Å². The van der Waals surface area contributed by atoms with Gasteiger partial charge in [-0.1, -0.05) is 31.2 Å². The number of aryl methyl sites for hydroxylation is 2. The summed E-state index contributed by atoms with van der Waals surface area (Å²) in [5.74, 6) is 0. The Morgan fingerprint density at radius 2 is 1.65 bits per heavy atom. The molecule has 0 amide bonds. The predicted molar refractivity (Wildman–Crippen MR) is 114 cm³/mol. The van der Waals surface area contributed by atoms with Crippen molar-refractivity contribution >= 4 is 16.6 Å². The second-order valence-corrected chi connectivity index (χ2v) is 7.25. The quantitative estimate of drug-likeness (QED) is 0.533. The maximum atomic E-state index is 4.80.